The number of hydrogen-bond acceptors (Lipinski definition) is 1. The first kappa shape index (κ1) is 24.1. The van der Waals surface area contributed by atoms with Crippen LogP contribution in [0.1, 0.15) is 90.4 Å². The fourth-order valence-corrected chi connectivity index (χ4v) is 3.75. The van der Waals surface area contributed by atoms with E-state index in [1.54, 1.807) is 0 Å². The lowest BCUT2D eigenvalue weighted by Gasteiger charge is -2.30. The minimum Gasteiger partial charge on any atom is -0.328 e. The molecular weight excluding hydrogens is 321 g/mol. The Bertz CT molecular complexity index is 329. The van der Waals surface area contributed by atoms with Crippen molar-refractivity contribution in [2.24, 2.45) is 0 Å². The summed E-state index contributed by atoms with van der Waals surface area (Å²) in [6, 6.07) is 0. The molecule has 0 rings (SSSR count). The van der Waals surface area contributed by atoms with Gasteiger partial charge in [0.1, 0.15) is 0 Å². The number of rotatable bonds is 17. The second-order valence-electron chi connectivity index (χ2n) is 8.01. The molecule has 4 nitrogen and oxygen atoms in total. The molecule has 0 amide bonds. The lowest BCUT2D eigenvalue weighted by atomic mass is 10.1. The molecule has 146 valence electrons. The minimum absolute atomic E-state index is 0.0210. The van der Waals surface area contributed by atoms with E-state index in [0.29, 0.717) is 6.42 Å². The summed E-state index contributed by atoms with van der Waals surface area (Å²) in [4.78, 5) is 17.8. The Morgan fingerprint density at radius 3 is 1.46 bits per heavy atom. The van der Waals surface area contributed by atoms with Gasteiger partial charge in [0.15, 0.2) is 0 Å². The van der Waals surface area contributed by atoms with Gasteiger partial charge in [-0.05, 0) is 12.8 Å². The van der Waals surface area contributed by atoms with E-state index in [1.807, 2.05) is 0 Å². The van der Waals surface area contributed by atoms with Crippen LogP contribution in [0.2, 0.25) is 0 Å². The molecule has 0 heterocycles. The van der Waals surface area contributed by atoms with E-state index in [9.17, 15) is 4.57 Å². The Morgan fingerprint density at radius 2 is 1.04 bits per heavy atom. The molecule has 0 aromatic carbocycles. The van der Waals surface area contributed by atoms with Crippen LogP contribution >= 0.6 is 7.60 Å². The van der Waals surface area contributed by atoms with Gasteiger partial charge >= 0.3 is 7.60 Å². The predicted molar refractivity (Wildman–Crippen MR) is 104 cm³/mol. The Kier molecular flexibility index (Phi) is 14.4. The maximum atomic E-state index is 10.9. The first-order valence-electron chi connectivity index (χ1n) is 10.1. The van der Waals surface area contributed by atoms with E-state index in [0.717, 1.165) is 17.6 Å². The molecule has 24 heavy (non-hydrogen) atoms. The van der Waals surface area contributed by atoms with E-state index in [-0.39, 0.29) is 6.16 Å². The minimum atomic E-state index is -3.82. The van der Waals surface area contributed by atoms with E-state index in [2.05, 4.69) is 21.0 Å². The number of unbranched alkanes of at least 4 members (excludes halogenated alkanes) is 11. The molecule has 0 aliphatic rings. The molecule has 0 spiro atoms. The highest BCUT2D eigenvalue weighted by atomic mass is 31.2. The lowest BCUT2D eigenvalue weighted by molar-refractivity contribution is -0.890. The fourth-order valence-electron chi connectivity index (χ4n) is 3.20. The van der Waals surface area contributed by atoms with Crippen molar-refractivity contribution in [3.63, 3.8) is 0 Å². The van der Waals surface area contributed by atoms with Gasteiger partial charge in [0.2, 0.25) is 0 Å². The zero-order valence-corrected chi connectivity index (χ0v) is 17.4. The highest BCUT2D eigenvalue weighted by molar-refractivity contribution is 7.51. The average Bonchev–Trinajstić information content (AvgIpc) is 2.46. The van der Waals surface area contributed by atoms with Crippen LogP contribution in [0.4, 0.5) is 0 Å². The molecule has 0 unspecified atom stereocenters. The van der Waals surface area contributed by atoms with Crippen LogP contribution < -0.4 is 0 Å². The summed E-state index contributed by atoms with van der Waals surface area (Å²) in [7, 11) is 0.510. The van der Waals surface area contributed by atoms with E-state index in [4.69, 9.17) is 9.79 Å². The van der Waals surface area contributed by atoms with Crippen LogP contribution in [0.3, 0.4) is 0 Å². The van der Waals surface area contributed by atoms with Crippen LogP contribution in [0.15, 0.2) is 0 Å². The third-order valence-electron chi connectivity index (χ3n) is 4.83. The Morgan fingerprint density at radius 1 is 0.667 bits per heavy atom. The van der Waals surface area contributed by atoms with Gasteiger partial charge in [-0.15, -0.1) is 0 Å². The summed E-state index contributed by atoms with van der Waals surface area (Å²) in [5.41, 5.74) is 0. The summed E-state index contributed by atoms with van der Waals surface area (Å²) >= 11 is 0. The van der Waals surface area contributed by atoms with E-state index < -0.39 is 7.60 Å². The van der Waals surface area contributed by atoms with Gasteiger partial charge in [-0.1, -0.05) is 71.1 Å². The molecule has 5 heteroatoms. The fraction of sp³-hybridized carbons (Fsp3) is 1.00. The van der Waals surface area contributed by atoms with Crippen molar-refractivity contribution in [2.45, 2.75) is 90.4 Å². The van der Waals surface area contributed by atoms with Gasteiger partial charge < -0.3 is 14.3 Å². The maximum absolute atomic E-state index is 10.9. The van der Waals surface area contributed by atoms with Gasteiger partial charge in [0, 0.05) is 6.42 Å². The molecule has 0 aromatic heterocycles. The normalized spacial score (nSPS) is 12.7. The molecule has 2 N–H and O–H groups in total. The van der Waals surface area contributed by atoms with Gasteiger partial charge in [-0.2, -0.15) is 0 Å². The van der Waals surface area contributed by atoms with Crippen molar-refractivity contribution in [2.75, 3.05) is 33.3 Å². The molecule has 0 fully saturated rings. The monoisotopic (exact) mass is 364 g/mol. The molecular formula is C19H43NO3P+. The summed E-state index contributed by atoms with van der Waals surface area (Å²) < 4.78 is 11.8. The van der Waals surface area contributed by atoms with E-state index >= 15 is 0 Å². The maximum Gasteiger partial charge on any atom is 0.325 e. The quantitative estimate of drug-likeness (QED) is 0.208. The summed E-state index contributed by atoms with van der Waals surface area (Å²) in [5, 5.41) is 0. The average molecular weight is 365 g/mol. The number of nitrogens with zero attached hydrogens (tertiary/aromatic N) is 1. The van der Waals surface area contributed by atoms with Crippen molar-refractivity contribution in [1.29, 1.82) is 0 Å². The second-order valence-corrected chi connectivity index (χ2v) is 9.79. The smallest absolute Gasteiger partial charge is 0.325 e. The molecule has 0 bridgehead atoms. The Labute approximate surface area is 150 Å². The third-order valence-corrected chi connectivity index (χ3v) is 5.73. The van der Waals surface area contributed by atoms with Gasteiger partial charge in [-0.3, -0.25) is 4.57 Å². The third kappa shape index (κ3) is 18.4. The molecule has 0 saturated carbocycles. The molecule has 0 radical (unpaired) electrons. The summed E-state index contributed by atoms with van der Waals surface area (Å²) in [5.74, 6) is 0. The largest absolute Gasteiger partial charge is 0.328 e. The molecule has 0 aromatic rings. The predicted octanol–water partition coefficient (Wildman–Crippen LogP) is 5.33. The van der Waals surface area contributed by atoms with Crippen LogP contribution in [-0.4, -0.2) is 47.6 Å². The SMILES string of the molecule is CCCCCCCCCCCCCC[N+](C)(C)CCCP(=O)(O)O. The summed E-state index contributed by atoms with van der Waals surface area (Å²) in [6.07, 6.45) is 17.0. The van der Waals surface area contributed by atoms with Crippen molar-refractivity contribution in [1.82, 2.24) is 0 Å². The summed E-state index contributed by atoms with van der Waals surface area (Å²) in [6.45, 7) is 4.23. The molecule has 0 saturated heterocycles. The van der Waals surface area contributed by atoms with Crippen LogP contribution in [0, 0.1) is 0 Å². The molecule has 0 aliphatic carbocycles. The lowest BCUT2D eigenvalue weighted by Crippen LogP contribution is -2.41. The van der Waals surface area contributed by atoms with Crippen LogP contribution in [0.25, 0.3) is 0 Å². The zero-order chi connectivity index (χ0) is 18.3. The highest BCUT2D eigenvalue weighted by Crippen LogP contribution is 2.35. The van der Waals surface area contributed by atoms with Crippen molar-refractivity contribution < 1.29 is 18.8 Å². The first-order valence-corrected chi connectivity index (χ1v) is 11.9. The zero-order valence-electron chi connectivity index (χ0n) is 16.5. The Balaban J connectivity index is 3.37. The van der Waals surface area contributed by atoms with Gasteiger partial charge in [0.25, 0.3) is 0 Å². The highest BCUT2D eigenvalue weighted by Gasteiger charge is 2.18. The topological polar surface area (TPSA) is 57.5 Å². The van der Waals surface area contributed by atoms with Gasteiger partial charge in [-0.25, -0.2) is 0 Å². The van der Waals surface area contributed by atoms with Gasteiger partial charge in [0.05, 0.1) is 33.3 Å². The standard InChI is InChI=1S/C19H42NO3P/c1-4-5-6-7-8-9-10-11-12-13-14-15-17-20(2,3)18-16-19-24(21,22)23/h4-19H2,1-3H3,(H-,21,22,23)/p+1. The van der Waals surface area contributed by atoms with Crippen molar-refractivity contribution >= 4 is 7.60 Å². The first-order chi connectivity index (χ1) is 11.3. The Hall–Kier alpha value is 0.110. The van der Waals surface area contributed by atoms with E-state index in [1.165, 1.54) is 77.0 Å². The van der Waals surface area contributed by atoms with Crippen LogP contribution in [-0.2, 0) is 4.57 Å². The van der Waals surface area contributed by atoms with Crippen molar-refractivity contribution in [3.05, 3.63) is 0 Å². The molecule has 0 atom stereocenters. The number of quaternary nitrogens is 1. The molecule has 0 aliphatic heterocycles. The van der Waals surface area contributed by atoms with Crippen LogP contribution in [0.5, 0.6) is 0 Å². The number of hydrogen-bond donors (Lipinski definition) is 2. The van der Waals surface area contributed by atoms with Crippen molar-refractivity contribution in [3.8, 4) is 0 Å². The second kappa shape index (κ2) is 14.3.